The summed E-state index contributed by atoms with van der Waals surface area (Å²) in [4.78, 5) is 21.7. The molecule has 0 fully saturated rings. The minimum atomic E-state index is -0.467. The summed E-state index contributed by atoms with van der Waals surface area (Å²) in [6.07, 6.45) is 0.915. The number of nitro benzene ring substituents is 1. The summed E-state index contributed by atoms with van der Waals surface area (Å²) in [6.45, 7) is 2.05. The molecule has 18 heavy (non-hydrogen) atoms. The van der Waals surface area contributed by atoms with Gasteiger partial charge in [0.1, 0.15) is 0 Å². The Labute approximate surface area is 111 Å². The van der Waals surface area contributed by atoms with Crippen LogP contribution in [-0.2, 0) is 4.79 Å². The molecule has 0 saturated heterocycles. The van der Waals surface area contributed by atoms with Gasteiger partial charge in [-0.3, -0.25) is 14.9 Å². The van der Waals surface area contributed by atoms with E-state index in [0.717, 1.165) is 0 Å². The summed E-state index contributed by atoms with van der Waals surface area (Å²) >= 11 is 0. The highest BCUT2D eigenvalue weighted by molar-refractivity contribution is 5.92. The number of amides is 1. The summed E-state index contributed by atoms with van der Waals surface area (Å²) < 4.78 is 0. The van der Waals surface area contributed by atoms with Crippen molar-refractivity contribution in [1.29, 1.82) is 0 Å². The van der Waals surface area contributed by atoms with E-state index < -0.39 is 4.92 Å². The Hall–Kier alpha value is -1.66. The van der Waals surface area contributed by atoms with E-state index in [4.69, 9.17) is 5.73 Å². The zero-order valence-corrected chi connectivity index (χ0v) is 10.8. The maximum atomic E-state index is 11.5. The molecular formula is C11H16ClN3O3. The van der Waals surface area contributed by atoms with Crippen LogP contribution < -0.4 is 11.1 Å². The number of nitrogens with two attached hydrogens (primary N) is 1. The van der Waals surface area contributed by atoms with Gasteiger partial charge in [0.25, 0.3) is 5.69 Å². The zero-order valence-electron chi connectivity index (χ0n) is 10.0. The van der Waals surface area contributed by atoms with E-state index in [0.29, 0.717) is 30.6 Å². The third-order valence-electron chi connectivity index (χ3n) is 2.38. The van der Waals surface area contributed by atoms with Gasteiger partial charge in [0.15, 0.2) is 0 Å². The lowest BCUT2D eigenvalue weighted by Crippen LogP contribution is -2.14. The number of rotatable bonds is 5. The van der Waals surface area contributed by atoms with Crippen LogP contribution in [0.1, 0.15) is 18.4 Å². The molecule has 1 aromatic carbocycles. The molecule has 1 rings (SSSR count). The van der Waals surface area contributed by atoms with Gasteiger partial charge in [-0.1, -0.05) is 6.07 Å². The van der Waals surface area contributed by atoms with Crippen molar-refractivity contribution in [3.05, 3.63) is 33.9 Å². The normalized spacial score (nSPS) is 9.44. The Morgan fingerprint density at radius 3 is 2.72 bits per heavy atom. The predicted molar refractivity (Wildman–Crippen MR) is 72.0 cm³/mol. The molecule has 0 bridgehead atoms. The Bertz CT molecular complexity index is 438. The first-order chi connectivity index (χ1) is 8.06. The second kappa shape index (κ2) is 7.62. The van der Waals surface area contributed by atoms with E-state index in [1.54, 1.807) is 19.1 Å². The number of hydrogen-bond donors (Lipinski definition) is 2. The highest BCUT2D eigenvalue weighted by Crippen LogP contribution is 2.25. The van der Waals surface area contributed by atoms with Crippen molar-refractivity contribution in [1.82, 2.24) is 0 Å². The number of nitrogens with one attached hydrogen (secondary N) is 1. The molecule has 0 radical (unpaired) electrons. The van der Waals surface area contributed by atoms with Crippen molar-refractivity contribution < 1.29 is 9.72 Å². The SMILES string of the molecule is Cc1c(NC(=O)CCCN)cccc1[N+](=O)[O-].Cl. The number of carbonyl (C=O) groups excluding carboxylic acids is 1. The number of anilines is 1. The van der Waals surface area contributed by atoms with E-state index in [9.17, 15) is 14.9 Å². The monoisotopic (exact) mass is 273 g/mol. The van der Waals surface area contributed by atoms with Gasteiger partial charge in [0.05, 0.1) is 16.2 Å². The van der Waals surface area contributed by atoms with Crippen LogP contribution in [0.4, 0.5) is 11.4 Å². The molecule has 7 heteroatoms. The van der Waals surface area contributed by atoms with Crippen molar-refractivity contribution in [2.45, 2.75) is 19.8 Å². The first-order valence-electron chi connectivity index (χ1n) is 5.30. The van der Waals surface area contributed by atoms with E-state index in [-0.39, 0.29) is 24.0 Å². The molecule has 0 aliphatic rings. The summed E-state index contributed by atoms with van der Waals surface area (Å²) in [5.41, 5.74) is 6.23. The number of nitrogens with zero attached hydrogens (tertiary/aromatic N) is 1. The molecule has 0 aliphatic heterocycles. The average molecular weight is 274 g/mol. The first-order valence-corrected chi connectivity index (χ1v) is 5.30. The Kier molecular flexibility index (Phi) is 6.92. The topological polar surface area (TPSA) is 98.3 Å². The summed E-state index contributed by atoms with van der Waals surface area (Å²) in [6, 6.07) is 4.59. The minimum absolute atomic E-state index is 0. The van der Waals surface area contributed by atoms with Crippen molar-refractivity contribution in [2.24, 2.45) is 5.73 Å². The first kappa shape index (κ1) is 16.3. The van der Waals surface area contributed by atoms with Crippen LogP contribution in [0.2, 0.25) is 0 Å². The van der Waals surface area contributed by atoms with Gasteiger partial charge in [0.2, 0.25) is 5.91 Å². The Morgan fingerprint density at radius 2 is 2.17 bits per heavy atom. The minimum Gasteiger partial charge on any atom is -0.330 e. The van der Waals surface area contributed by atoms with Crippen LogP contribution in [0.3, 0.4) is 0 Å². The molecule has 1 amide bonds. The summed E-state index contributed by atoms with van der Waals surface area (Å²) in [7, 11) is 0. The molecule has 0 unspecified atom stereocenters. The van der Waals surface area contributed by atoms with E-state index in [2.05, 4.69) is 5.32 Å². The van der Waals surface area contributed by atoms with Gasteiger partial charge >= 0.3 is 0 Å². The highest BCUT2D eigenvalue weighted by atomic mass is 35.5. The van der Waals surface area contributed by atoms with Gasteiger partial charge in [-0.25, -0.2) is 0 Å². The second-order valence-corrected chi connectivity index (χ2v) is 3.65. The molecule has 1 aromatic rings. The summed E-state index contributed by atoms with van der Waals surface area (Å²) in [5.74, 6) is -0.181. The van der Waals surface area contributed by atoms with Crippen LogP contribution in [0.25, 0.3) is 0 Å². The van der Waals surface area contributed by atoms with Crippen LogP contribution in [0.15, 0.2) is 18.2 Å². The molecule has 6 nitrogen and oxygen atoms in total. The third kappa shape index (κ3) is 4.31. The standard InChI is InChI=1S/C11H15N3O3.ClH/c1-8-9(13-11(15)6-3-7-12)4-2-5-10(8)14(16)17;/h2,4-5H,3,6-7,12H2,1H3,(H,13,15);1H. The Balaban J connectivity index is 0.00000289. The van der Waals surface area contributed by atoms with E-state index in [1.165, 1.54) is 6.07 Å². The quantitative estimate of drug-likeness (QED) is 0.633. The molecule has 0 saturated carbocycles. The summed E-state index contributed by atoms with van der Waals surface area (Å²) in [5, 5.41) is 13.3. The van der Waals surface area contributed by atoms with Crippen molar-refractivity contribution in [2.75, 3.05) is 11.9 Å². The fourth-order valence-electron chi connectivity index (χ4n) is 1.43. The van der Waals surface area contributed by atoms with Gasteiger partial charge in [0, 0.05) is 12.5 Å². The van der Waals surface area contributed by atoms with E-state index in [1.807, 2.05) is 0 Å². The fourth-order valence-corrected chi connectivity index (χ4v) is 1.43. The number of hydrogen-bond acceptors (Lipinski definition) is 4. The lowest BCUT2D eigenvalue weighted by molar-refractivity contribution is -0.385. The number of benzene rings is 1. The third-order valence-corrected chi connectivity index (χ3v) is 2.38. The smallest absolute Gasteiger partial charge is 0.274 e. The molecule has 0 aromatic heterocycles. The number of halogens is 1. The zero-order chi connectivity index (χ0) is 12.8. The van der Waals surface area contributed by atoms with Crippen molar-refractivity contribution >= 4 is 29.7 Å². The molecule has 0 spiro atoms. The van der Waals surface area contributed by atoms with Gasteiger partial charge in [-0.2, -0.15) is 0 Å². The molecule has 3 N–H and O–H groups in total. The largest absolute Gasteiger partial charge is 0.330 e. The predicted octanol–water partition coefficient (Wildman–Crippen LogP) is 2.00. The van der Waals surface area contributed by atoms with Gasteiger partial charge in [-0.05, 0) is 26.0 Å². The molecule has 0 aliphatic carbocycles. The van der Waals surface area contributed by atoms with Crippen LogP contribution in [0, 0.1) is 17.0 Å². The number of nitro groups is 1. The lowest BCUT2D eigenvalue weighted by Gasteiger charge is -2.08. The van der Waals surface area contributed by atoms with Gasteiger partial charge in [-0.15, -0.1) is 12.4 Å². The maximum Gasteiger partial charge on any atom is 0.274 e. The molecule has 0 atom stereocenters. The number of carbonyl (C=O) groups is 1. The van der Waals surface area contributed by atoms with Crippen LogP contribution in [-0.4, -0.2) is 17.4 Å². The van der Waals surface area contributed by atoms with Crippen LogP contribution in [0.5, 0.6) is 0 Å². The maximum absolute atomic E-state index is 11.5. The van der Waals surface area contributed by atoms with Crippen molar-refractivity contribution in [3.63, 3.8) is 0 Å². The molecule has 100 valence electrons. The molecular weight excluding hydrogens is 258 g/mol. The average Bonchev–Trinajstić information content (AvgIpc) is 2.28. The van der Waals surface area contributed by atoms with E-state index >= 15 is 0 Å². The van der Waals surface area contributed by atoms with Gasteiger partial charge < -0.3 is 11.1 Å². The fraction of sp³-hybridized carbons (Fsp3) is 0.364. The Morgan fingerprint density at radius 1 is 1.50 bits per heavy atom. The second-order valence-electron chi connectivity index (χ2n) is 3.65. The lowest BCUT2D eigenvalue weighted by atomic mass is 10.1. The van der Waals surface area contributed by atoms with Crippen molar-refractivity contribution in [3.8, 4) is 0 Å². The molecule has 0 heterocycles. The van der Waals surface area contributed by atoms with Crippen LogP contribution >= 0.6 is 12.4 Å². The highest BCUT2D eigenvalue weighted by Gasteiger charge is 2.14.